The van der Waals surface area contributed by atoms with Crippen LogP contribution in [0.25, 0.3) is 0 Å². The van der Waals surface area contributed by atoms with Crippen molar-refractivity contribution in [3.63, 3.8) is 0 Å². The third-order valence-corrected chi connectivity index (χ3v) is 5.03. The summed E-state index contributed by atoms with van der Waals surface area (Å²) in [6, 6.07) is 24.1. The number of anilines is 4. The summed E-state index contributed by atoms with van der Waals surface area (Å²) in [4.78, 5) is 36.0. The van der Waals surface area contributed by atoms with Crippen LogP contribution in [0.15, 0.2) is 78.9 Å². The van der Waals surface area contributed by atoms with Gasteiger partial charge in [-0.25, -0.2) is 0 Å². The summed E-state index contributed by atoms with van der Waals surface area (Å²) in [5.74, 6) is -0.262. The van der Waals surface area contributed by atoms with Crippen molar-refractivity contribution < 1.29 is 14.4 Å². The fourth-order valence-electron chi connectivity index (χ4n) is 3.27. The molecular formula is C27H30N4O3. The van der Waals surface area contributed by atoms with E-state index in [1.54, 1.807) is 36.4 Å². The summed E-state index contributed by atoms with van der Waals surface area (Å²) in [6.07, 6.45) is 2.37. The molecule has 34 heavy (non-hydrogen) atoms. The van der Waals surface area contributed by atoms with Crippen LogP contribution in [0.2, 0.25) is 0 Å². The smallest absolute Gasteiger partial charge is 0.243 e. The van der Waals surface area contributed by atoms with Crippen LogP contribution < -0.4 is 21.3 Å². The Balaban J connectivity index is 1.39. The first-order valence-corrected chi connectivity index (χ1v) is 11.4. The first-order chi connectivity index (χ1) is 16.5. The molecule has 176 valence electrons. The molecule has 3 aromatic carbocycles. The second kappa shape index (κ2) is 12.8. The second-order valence-electron chi connectivity index (χ2n) is 7.89. The normalized spacial score (nSPS) is 10.3. The molecule has 0 saturated carbocycles. The minimum absolute atomic E-state index is 0.0266. The molecule has 7 nitrogen and oxygen atoms in total. The van der Waals surface area contributed by atoms with Gasteiger partial charge in [0, 0.05) is 35.6 Å². The molecule has 3 rings (SSSR count). The molecule has 7 heteroatoms. The Morgan fingerprint density at radius 2 is 1.06 bits per heavy atom. The van der Waals surface area contributed by atoms with Gasteiger partial charge in [-0.3, -0.25) is 14.4 Å². The minimum Gasteiger partial charge on any atom is -0.376 e. The molecular weight excluding hydrogens is 428 g/mol. The number of benzene rings is 3. The predicted molar refractivity (Wildman–Crippen MR) is 137 cm³/mol. The van der Waals surface area contributed by atoms with E-state index < -0.39 is 0 Å². The largest absolute Gasteiger partial charge is 0.376 e. The van der Waals surface area contributed by atoms with Gasteiger partial charge in [0.15, 0.2) is 0 Å². The molecule has 0 aliphatic carbocycles. The minimum atomic E-state index is -0.193. The number of amides is 3. The average molecular weight is 459 g/mol. The third-order valence-electron chi connectivity index (χ3n) is 5.03. The summed E-state index contributed by atoms with van der Waals surface area (Å²) in [7, 11) is 0. The van der Waals surface area contributed by atoms with E-state index in [2.05, 4.69) is 21.3 Å². The molecule has 0 atom stereocenters. The molecule has 0 heterocycles. The number of carbonyl (C=O) groups is 3. The van der Waals surface area contributed by atoms with Gasteiger partial charge in [-0.15, -0.1) is 0 Å². The van der Waals surface area contributed by atoms with Gasteiger partial charge in [0.2, 0.25) is 17.7 Å². The van der Waals surface area contributed by atoms with Crippen LogP contribution in [0.5, 0.6) is 0 Å². The van der Waals surface area contributed by atoms with Crippen molar-refractivity contribution in [1.82, 2.24) is 0 Å². The Labute approximate surface area is 200 Å². The van der Waals surface area contributed by atoms with Crippen LogP contribution in [0, 0.1) is 0 Å². The van der Waals surface area contributed by atoms with Crippen LogP contribution in [-0.4, -0.2) is 24.3 Å². The van der Waals surface area contributed by atoms with Gasteiger partial charge >= 0.3 is 0 Å². The summed E-state index contributed by atoms with van der Waals surface area (Å²) in [5.41, 5.74) is 3.95. The van der Waals surface area contributed by atoms with Gasteiger partial charge in [-0.1, -0.05) is 37.3 Å². The van der Waals surface area contributed by atoms with Crippen LogP contribution in [-0.2, 0) is 20.8 Å². The molecule has 4 N–H and O–H groups in total. The van der Waals surface area contributed by atoms with Gasteiger partial charge in [0.25, 0.3) is 0 Å². The summed E-state index contributed by atoms with van der Waals surface area (Å²) in [5, 5.41) is 11.6. The molecule has 0 aliphatic rings. The lowest BCUT2D eigenvalue weighted by Crippen LogP contribution is -2.21. The highest BCUT2D eigenvalue weighted by Crippen LogP contribution is 2.16. The monoisotopic (exact) mass is 458 g/mol. The molecule has 3 amide bonds. The third kappa shape index (κ3) is 8.43. The van der Waals surface area contributed by atoms with Crippen molar-refractivity contribution in [3.05, 3.63) is 84.4 Å². The molecule has 0 unspecified atom stereocenters. The van der Waals surface area contributed by atoms with E-state index in [0.29, 0.717) is 36.3 Å². The number of rotatable bonds is 11. The highest BCUT2D eigenvalue weighted by molar-refractivity contribution is 5.95. The van der Waals surface area contributed by atoms with E-state index in [9.17, 15) is 14.4 Å². The molecule has 0 aromatic heterocycles. The molecule has 0 saturated heterocycles. The van der Waals surface area contributed by atoms with Crippen molar-refractivity contribution in [2.45, 2.75) is 32.6 Å². The summed E-state index contributed by atoms with van der Waals surface area (Å²) >= 11 is 0. The Morgan fingerprint density at radius 1 is 0.588 bits per heavy atom. The predicted octanol–water partition coefficient (Wildman–Crippen LogP) is 5.05. The van der Waals surface area contributed by atoms with Crippen LogP contribution in [0.3, 0.4) is 0 Å². The zero-order valence-corrected chi connectivity index (χ0v) is 19.3. The maximum absolute atomic E-state index is 12.2. The first-order valence-electron chi connectivity index (χ1n) is 11.4. The first kappa shape index (κ1) is 24.5. The van der Waals surface area contributed by atoms with Crippen LogP contribution in [0.4, 0.5) is 22.7 Å². The molecule has 0 bridgehead atoms. The van der Waals surface area contributed by atoms with E-state index >= 15 is 0 Å². The van der Waals surface area contributed by atoms with Crippen LogP contribution >= 0.6 is 0 Å². The molecule has 0 spiro atoms. The van der Waals surface area contributed by atoms with Crippen molar-refractivity contribution in [3.8, 4) is 0 Å². The van der Waals surface area contributed by atoms with Crippen molar-refractivity contribution in [1.29, 1.82) is 0 Å². The van der Waals surface area contributed by atoms with Gasteiger partial charge in [0.05, 0.1) is 6.54 Å². The topological polar surface area (TPSA) is 99.3 Å². The van der Waals surface area contributed by atoms with Gasteiger partial charge < -0.3 is 21.3 Å². The molecule has 0 fully saturated rings. The van der Waals surface area contributed by atoms with E-state index in [1.165, 1.54) is 0 Å². The SMILES string of the molecule is CCCC(=O)Nc1ccc(NC(=O)CNc2ccc(NC(=O)CCc3ccccc3)cc2)cc1. The lowest BCUT2D eigenvalue weighted by Gasteiger charge is -2.10. The molecule has 0 radical (unpaired) electrons. The zero-order chi connectivity index (χ0) is 24.2. The highest BCUT2D eigenvalue weighted by atomic mass is 16.2. The number of hydrogen-bond acceptors (Lipinski definition) is 4. The standard InChI is InChI=1S/C27H30N4O3/c1-2-6-25(32)29-23-14-16-24(17-15-23)31-27(34)19-28-21-10-12-22(13-11-21)30-26(33)18-9-20-7-4-3-5-8-20/h3-5,7-8,10-17,28H,2,6,9,18-19H2,1H3,(H,29,32)(H,30,33)(H,31,34). The van der Waals surface area contributed by atoms with E-state index in [4.69, 9.17) is 0 Å². The van der Waals surface area contributed by atoms with Gasteiger partial charge in [-0.05, 0) is 66.9 Å². The second-order valence-corrected chi connectivity index (χ2v) is 7.89. The fraction of sp³-hybridized carbons (Fsp3) is 0.222. The average Bonchev–Trinajstić information content (AvgIpc) is 2.84. The van der Waals surface area contributed by atoms with Gasteiger partial charge in [-0.2, -0.15) is 0 Å². The van der Waals surface area contributed by atoms with Crippen molar-refractivity contribution in [2.75, 3.05) is 27.8 Å². The Morgan fingerprint density at radius 3 is 1.59 bits per heavy atom. The van der Waals surface area contributed by atoms with E-state index in [0.717, 1.165) is 17.7 Å². The molecule has 3 aromatic rings. The number of nitrogens with one attached hydrogen (secondary N) is 4. The summed E-state index contributed by atoms with van der Waals surface area (Å²) < 4.78 is 0. The Bertz CT molecular complexity index is 1080. The van der Waals surface area contributed by atoms with Crippen LogP contribution in [0.1, 0.15) is 31.7 Å². The number of carbonyl (C=O) groups excluding carboxylic acids is 3. The van der Waals surface area contributed by atoms with Crippen molar-refractivity contribution in [2.24, 2.45) is 0 Å². The fourth-order valence-corrected chi connectivity index (χ4v) is 3.27. The maximum atomic E-state index is 12.2. The number of hydrogen-bond donors (Lipinski definition) is 4. The lowest BCUT2D eigenvalue weighted by atomic mass is 10.1. The Kier molecular flexibility index (Phi) is 9.22. The maximum Gasteiger partial charge on any atom is 0.243 e. The molecule has 0 aliphatic heterocycles. The quantitative estimate of drug-likeness (QED) is 0.323. The lowest BCUT2D eigenvalue weighted by molar-refractivity contribution is -0.117. The van der Waals surface area contributed by atoms with E-state index in [1.807, 2.05) is 49.4 Å². The van der Waals surface area contributed by atoms with Gasteiger partial charge in [0.1, 0.15) is 0 Å². The Hall–Kier alpha value is -4.13. The zero-order valence-electron chi connectivity index (χ0n) is 19.3. The number of aryl methyl sites for hydroxylation is 1. The van der Waals surface area contributed by atoms with E-state index in [-0.39, 0.29) is 24.3 Å². The highest BCUT2D eigenvalue weighted by Gasteiger charge is 2.06. The summed E-state index contributed by atoms with van der Waals surface area (Å²) in [6.45, 7) is 2.05. The van der Waals surface area contributed by atoms with Crippen molar-refractivity contribution >= 4 is 40.5 Å².